The fraction of sp³-hybridized carbons (Fsp3) is 0.611. The summed E-state index contributed by atoms with van der Waals surface area (Å²) < 4.78 is 0. The van der Waals surface area contributed by atoms with Crippen molar-refractivity contribution < 1.29 is 4.79 Å². The Bertz CT molecular complexity index is 464. The van der Waals surface area contributed by atoms with Crippen LogP contribution in [0.2, 0.25) is 0 Å². The van der Waals surface area contributed by atoms with Crippen LogP contribution >= 0.6 is 0 Å². The highest BCUT2D eigenvalue weighted by Gasteiger charge is 2.30. The van der Waals surface area contributed by atoms with E-state index < -0.39 is 0 Å². The lowest BCUT2D eigenvalue weighted by Crippen LogP contribution is -2.37. The van der Waals surface area contributed by atoms with E-state index in [9.17, 15) is 4.79 Å². The van der Waals surface area contributed by atoms with Crippen LogP contribution in [0.5, 0.6) is 0 Å². The van der Waals surface area contributed by atoms with Gasteiger partial charge in [0, 0.05) is 25.6 Å². The number of nitrogens with zero attached hydrogens (tertiary/aromatic N) is 1. The van der Waals surface area contributed by atoms with Crippen molar-refractivity contribution >= 4 is 5.91 Å². The highest BCUT2D eigenvalue weighted by atomic mass is 16.2. The normalized spacial score (nSPS) is 22.0. The Labute approximate surface area is 128 Å². The first-order chi connectivity index (χ1) is 9.88. The maximum atomic E-state index is 12.3. The van der Waals surface area contributed by atoms with Crippen LogP contribution in [0.4, 0.5) is 0 Å². The predicted molar refractivity (Wildman–Crippen MR) is 86.7 cm³/mol. The van der Waals surface area contributed by atoms with E-state index in [-0.39, 0.29) is 17.4 Å². The van der Waals surface area contributed by atoms with Gasteiger partial charge in [-0.3, -0.25) is 4.79 Å². The average molecular weight is 288 g/mol. The number of carbonyl (C=O) groups excluding carboxylic acids is 1. The van der Waals surface area contributed by atoms with Crippen LogP contribution in [0.25, 0.3) is 0 Å². The van der Waals surface area contributed by atoms with Crippen LogP contribution in [0, 0.1) is 11.3 Å². The molecule has 1 amide bonds. The number of rotatable bonds is 3. The van der Waals surface area contributed by atoms with Gasteiger partial charge in [0.25, 0.3) is 0 Å². The van der Waals surface area contributed by atoms with E-state index in [0.717, 1.165) is 24.9 Å². The van der Waals surface area contributed by atoms with Gasteiger partial charge in [0.1, 0.15) is 0 Å². The summed E-state index contributed by atoms with van der Waals surface area (Å²) >= 11 is 0. The molecule has 0 radical (unpaired) electrons. The molecule has 0 bridgehead atoms. The lowest BCUT2D eigenvalue weighted by molar-refractivity contribution is -0.130. The monoisotopic (exact) mass is 288 g/mol. The van der Waals surface area contributed by atoms with E-state index in [0.29, 0.717) is 18.9 Å². The van der Waals surface area contributed by atoms with Gasteiger partial charge >= 0.3 is 0 Å². The molecule has 3 nitrogen and oxygen atoms in total. The van der Waals surface area contributed by atoms with Gasteiger partial charge in [0.15, 0.2) is 0 Å². The van der Waals surface area contributed by atoms with Crippen molar-refractivity contribution in [1.29, 1.82) is 0 Å². The Hall–Kier alpha value is -1.35. The van der Waals surface area contributed by atoms with Crippen LogP contribution in [0.15, 0.2) is 30.3 Å². The second kappa shape index (κ2) is 6.61. The second-order valence-corrected chi connectivity index (χ2v) is 7.25. The van der Waals surface area contributed by atoms with Crippen LogP contribution in [-0.2, 0) is 4.79 Å². The SMILES string of the molecule is CC(C)(C)C1CCC(=O)N(CC(N)c2ccccc2)CC1. The molecule has 1 aliphatic rings. The first kappa shape index (κ1) is 16.0. The van der Waals surface area contributed by atoms with Crippen molar-refractivity contribution in [3.8, 4) is 0 Å². The van der Waals surface area contributed by atoms with Crippen LogP contribution < -0.4 is 5.73 Å². The third-order valence-electron chi connectivity index (χ3n) is 4.68. The number of carbonyl (C=O) groups is 1. The van der Waals surface area contributed by atoms with Crippen molar-refractivity contribution in [2.75, 3.05) is 13.1 Å². The highest BCUT2D eigenvalue weighted by molar-refractivity contribution is 5.76. The first-order valence-corrected chi connectivity index (χ1v) is 7.96. The van der Waals surface area contributed by atoms with Crippen molar-refractivity contribution in [2.45, 2.75) is 46.1 Å². The molecule has 2 rings (SSSR count). The molecular weight excluding hydrogens is 260 g/mol. The van der Waals surface area contributed by atoms with Gasteiger partial charge in [-0.15, -0.1) is 0 Å². The number of likely N-dealkylation sites (tertiary alicyclic amines) is 1. The molecule has 1 aromatic carbocycles. The molecule has 1 fully saturated rings. The Morgan fingerprint density at radius 2 is 1.90 bits per heavy atom. The van der Waals surface area contributed by atoms with Gasteiger partial charge in [-0.05, 0) is 29.7 Å². The quantitative estimate of drug-likeness (QED) is 0.927. The molecule has 1 aliphatic heterocycles. The molecule has 116 valence electrons. The number of nitrogens with two attached hydrogens (primary N) is 1. The zero-order valence-electron chi connectivity index (χ0n) is 13.5. The van der Waals surface area contributed by atoms with E-state index in [1.807, 2.05) is 35.2 Å². The summed E-state index contributed by atoms with van der Waals surface area (Å²) in [4.78, 5) is 14.3. The number of hydrogen-bond donors (Lipinski definition) is 1. The molecule has 2 atom stereocenters. The summed E-state index contributed by atoms with van der Waals surface area (Å²) in [6.45, 7) is 8.27. The van der Waals surface area contributed by atoms with Gasteiger partial charge in [0.05, 0.1) is 0 Å². The van der Waals surface area contributed by atoms with Gasteiger partial charge in [-0.1, -0.05) is 51.1 Å². The summed E-state index contributed by atoms with van der Waals surface area (Å²) in [5.74, 6) is 0.868. The summed E-state index contributed by atoms with van der Waals surface area (Å²) in [5.41, 5.74) is 7.64. The molecule has 3 heteroatoms. The van der Waals surface area contributed by atoms with Crippen LogP contribution in [0.3, 0.4) is 0 Å². The predicted octanol–water partition coefficient (Wildman–Crippen LogP) is 3.36. The third-order valence-corrected chi connectivity index (χ3v) is 4.68. The van der Waals surface area contributed by atoms with Crippen molar-refractivity contribution in [3.63, 3.8) is 0 Å². The summed E-state index contributed by atoms with van der Waals surface area (Å²) in [7, 11) is 0. The lowest BCUT2D eigenvalue weighted by Gasteiger charge is -2.30. The Morgan fingerprint density at radius 1 is 1.24 bits per heavy atom. The number of benzene rings is 1. The molecule has 2 N–H and O–H groups in total. The summed E-state index contributed by atoms with van der Waals surface area (Å²) in [5, 5.41) is 0. The molecule has 0 aromatic heterocycles. The van der Waals surface area contributed by atoms with Gasteiger partial charge in [-0.2, -0.15) is 0 Å². The Balaban J connectivity index is 1.99. The fourth-order valence-electron chi connectivity index (χ4n) is 3.14. The maximum absolute atomic E-state index is 12.3. The number of amides is 1. The topological polar surface area (TPSA) is 46.3 Å². The standard InChI is InChI=1S/C18H28N2O/c1-18(2,3)15-9-10-17(21)20(12-11-15)13-16(19)14-7-5-4-6-8-14/h4-8,15-16H,9-13,19H2,1-3H3. The summed E-state index contributed by atoms with van der Waals surface area (Å²) in [6.07, 6.45) is 2.74. The molecule has 0 saturated carbocycles. The lowest BCUT2D eigenvalue weighted by atomic mass is 9.77. The molecule has 2 unspecified atom stereocenters. The highest BCUT2D eigenvalue weighted by Crippen LogP contribution is 2.34. The van der Waals surface area contributed by atoms with Gasteiger partial charge in [0.2, 0.25) is 5.91 Å². The fourth-order valence-corrected chi connectivity index (χ4v) is 3.14. The number of hydrogen-bond acceptors (Lipinski definition) is 2. The maximum Gasteiger partial charge on any atom is 0.222 e. The second-order valence-electron chi connectivity index (χ2n) is 7.25. The third kappa shape index (κ3) is 4.31. The van der Waals surface area contributed by atoms with E-state index in [2.05, 4.69) is 20.8 Å². The zero-order valence-corrected chi connectivity index (χ0v) is 13.5. The summed E-state index contributed by atoms with van der Waals surface area (Å²) in [6, 6.07) is 9.95. The largest absolute Gasteiger partial charge is 0.341 e. The van der Waals surface area contributed by atoms with Crippen molar-refractivity contribution in [2.24, 2.45) is 17.1 Å². The molecule has 1 aromatic rings. The van der Waals surface area contributed by atoms with Gasteiger partial charge < -0.3 is 10.6 Å². The van der Waals surface area contributed by atoms with E-state index in [4.69, 9.17) is 5.73 Å². The molecule has 21 heavy (non-hydrogen) atoms. The average Bonchev–Trinajstić information content (AvgIpc) is 2.62. The van der Waals surface area contributed by atoms with E-state index in [1.54, 1.807) is 0 Å². The minimum atomic E-state index is -0.0960. The molecule has 0 spiro atoms. The van der Waals surface area contributed by atoms with E-state index >= 15 is 0 Å². The molecule has 0 aliphatic carbocycles. The molecule has 1 saturated heterocycles. The molecule has 1 heterocycles. The minimum Gasteiger partial charge on any atom is -0.341 e. The molecular formula is C18H28N2O. The van der Waals surface area contributed by atoms with Gasteiger partial charge in [-0.25, -0.2) is 0 Å². The first-order valence-electron chi connectivity index (χ1n) is 7.96. The van der Waals surface area contributed by atoms with Crippen LogP contribution in [-0.4, -0.2) is 23.9 Å². The minimum absolute atomic E-state index is 0.0960. The van der Waals surface area contributed by atoms with E-state index in [1.165, 1.54) is 0 Å². The Morgan fingerprint density at radius 3 is 2.52 bits per heavy atom. The van der Waals surface area contributed by atoms with Crippen molar-refractivity contribution in [3.05, 3.63) is 35.9 Å². The van der Waals surface area contributed by atoms with Crippen LogP contribution in [0.1, 0.15) is 51.6 Å². The zero-order chi connectivity index (χ0) is 15.5. The Kier molecular flexibility index (Phi) is 5.04. The smallest absolute Gasteiger partial charge is 0.222 e. The van der Waals surface area contributed by atoms with Crippen molar-refractivity contribution in [1.82, 2.24) is 4.90 Å².